The van der Waals surface area contributed by atoms with Gasteiger partial charge in [-0.15, -0.1) is 5.10 Å². The number of hydrogen-bond donors (Lipinski definition) is 2. The number of nitrogens with two attached hydrogens (primary N) is 1. The van der Waals surface area contributed by atoms with Crippen LogP contribution in [0, 0.1) is 11.3 Å². The first-order chi connectivity index (χ1) is 13.1. The molecule has 1 atom stereocenters. The molecule has 3 N–H and O–H groups in total. The highest BCUT2D eigenvalue weighted by molar-refractivity contribution is 6.14. The molecular weight excluding hydrogens is 342 g/mol. The third-order valence-corrected chi connectivity index (χ3v) is 5.38. The zero-order valence-electron chi connectivity index (χ0n) is 15.4. The molecule has 1 spiro atoms. The average molecular weight is 363 g/mol. The minimum Gasteiger partial charge on any atom is -0.420 e. The standard InChI is InChI=1S/C20H21N5O2/c1-3-5-9-14-16-18(24-23-14)27-17(22)13(11-21)20(16)12-8-6-7-10-15(12)25(4-2)19(20)26/h6-8,10H,3-5,9,22H2,1-2H3,(H,23,24)/t20-/m0/s1. The molecule has 27 heavy (non-hydrogen) atoms. The van der Waals surface area contributed by atoms with Crippen LogP contribution in [0.4, 0.5) is 5.69 Å². The third-order valence-electron chi connectivity index (χ3n) is 5.38. The molecule has 0 fully saturated rings. The number of para-hydroxylation sites is 1. The number of carbonyl (C=O) groups excluding carboxylic acids is 1. The van der Waals surface area contributed by atoms with Crippen LogP contribution in [0.1, 0.15) is 43.5 Å². The summed E-state index contributed by atoms with van der Waals surface area (Å²) in [4.78, 5) is 15.5. The number of benzene rings is 1. The van der Waals surface area contributed by atoms with E-state index in [9.17, 15) is 10.1 Å². The molecule has 2 aliphatic heterocycles. The number of ether oxygens (including phenoxy) is 1. The largest absolute Gasteiger partial charge is 0.420 e. The van der Waals surface area contributed by atoms with Gasteiger partial charge in [0.15, 0.2) is 0 Å². The third kappa shape index (κ3) is 2.07. The van der Waals surface area contributed by atoms with Crippen LogP contribution in [-0.4, -0.2) is 22.6 Å². The lowest BCUT2D eigenvalue weighted by Gasteiger charge is -2.32. The van der Waals surface area contributed by atoms with Crippen LogP contribution in [0.15, 0.2) is 35.7 Å². The van der Waals surface area contributed by atoms with E-state index in [0.717, 1.165) is 29.8 Å². The minimum atomic E-state index is -1.31. The highest BCUT2D eigenvalue weighted by atomic mass is 16.5. The van der Waals surface area contributed by atoms with E-state index in [1.807, 2.05) is 31.2 Å². The maximum atomic E-state index is 13.8. The number of amides is 1. The Morgan fingerprint density at radius 3 is 2.85 bits per heavy atom. The Kier molecular flexibility index (Phi) is 3.92. The molecule has 2 aromatic rings. The van der Waals surface area contributed by atoms with E-state index >= 15 is 0 Å². The Hall–Kier alpha value is -3.27. The zero-order valence-corrected chi connectivity index (χ0v) is 15.4. The lowest BCUT2D eigenvalue weighted by molar-refractivity contribution is -0.120. The number of H-pyrrole nitrogens is 1. The van der Waals surface area contributed by atoms with Gasteiger partial charge in [0.05, 0.1) is 5.56 Å². The van der Waals surface area contributed by atoms with Gasteiger partial charge in [-0.1, -0.05) is 31.5 Å². The molecular formula is C20H21N5O2. The fourth-order valence-corrected chi connectivity index (χ4v) is 4.21. The molecule has 3 heterocycles. The molecule has 1 aromatic heterocycles. The van der Waals surface area contributed by atoms with Gasteiger partial charge in [-0.2, -0.15) is 5.26 Å². The van der Waals surface area contributed by atoms with Gasteiger partial charge in [0.1, 0.15) is 17.1 Å². The summed E-state index contributed by atoms with van der Waals surface area (Å²) in [6, 6.07) is 9.71. The van der Waals surface area contributed by atoms with E-state index in [2.05, 4.69) is 23.2 Å². The Labute approximate surface area is 157 Å². The topological polar surface area (TPSA) is 108 Å². The van der Waals surface area contributed by atoms with Crippen molar-refractivity contribution in [3.63, 3.8) is 0 Å². The van der Waals surface area contributed by atoms with Crippen LogP contribution in [0.25, 0.3) is 0 Å². The van der Waals surface area contributed by atoms with Crippen molar-refractivity contribution in [2.45, 2.75) is 38.5 Å². The van der Waals surface area contributed by atoms with E-state index in [1.165, 1.54) is 0 Å². The number of aromatic nitrogens is 2. The second kappa shape index (κ2) is 6.16. The van der Waals surface area contributed by atoms with Crippen molar-refractivity contribution < 1.29 is 9.53 Å². The van der Waals surface area contributed by atoms with E-state index in [1.54, 1.807) is 4.90 Å². The Morgan fingerprint density at radius 1 is 1.37 bits per heavy atom. The summed E-state index contributed by atoms with van der Waals surface area (Å²) in [5.41, 5.74) is 7.88. The van der Waals surface area contributed by atoms with E-state index in [0.29, 0.717) is 18.5 Å². The second-order valence-corrected chi connectivity index (χ2v) is 6.76. The number of aryl methyl sites for hydroxylation is 1. The maximum Gasteiger partial charge on any atom is 0.247 e. The van der Waals surface area contributed by atoms with Gasteiger partial charge in [0.25, 0.3) is 0 Å². The molecule has 4 rings (SSSR count). The lowest BCUT2D eigenvalue weighted by Crippen LogP contribution is -2.46. The molecule has 0 radical (unpaired) electrons. The highest BCUT2D eigenvalue weighted by Crippen LogP contribution is 2.55. The predicted octanol–water partition coefficient (Wildman–Crippen LogP) is 2.49. The van der Waals surface area contributed by atoms with Crippen LogP contribution < -0.4 is 15.4 Å². The average Bonchev–Trinajstić information content (AvgIpc) is 3.18. The quantitative estimate of drug-likeness (QED) is 0.867. The summed E-state index contributed by atoms with van der Waals surface area (Å²) in [7, 11) is 0. The Balaban J connectivity index is 2.08. The van der Waals surface area contributed by atoms with Gasteiger partial charge in [-0.05, 0) is 25.8 Å². The van der Waals surface area contributed by atoms with Gasteiger partial charge in [-0.3, -0.25) is 9.89 Å². The van der Waals surface area contributed by atoms with Gasteiger partial charge in [-0.25, -0.2) is 0 Å². The number of anilines is 1. The van der Waals surface area contributed by atoms with Crippen molar-refractivity contribution in [3.8, 4) is 11.9 Å². The molecule has 1 aromatic carbocycles. The highest BCUT2D eigenvalue weighted by Gasteiger charge is 2.60. The fourth-order valence-electron chi connectivity index (χ4n) is 4.21. The molecule has 1 amide bonds. The monoisotopic (exact) mass is 363 g/mol. The summed E-state index contributed by atoms with van der Waals surface area (Å²) in [6.45, 7) is 4.51. The van der Waals surface area contributed by atoms with E-state index < -0.39 is 5.41 Å². The SMILES string of the molecule is CCCCc1[nH]nc2c1[C@@]1(C(=O)N(CC)c3ccccc31)C(C#N)=C(N)O2. The first-order valence-corrected chi connectivity index (χ1v) is 9.18. The lowest BCUT2D eigenvalue weighted by atomic mass is 9.68. The first kappa shape index (κ1) is 17.2. The Bertz CT molecular complexity index is 1000. The van der Waals surface area contributed by atoms with Gasteiger partial charge in [0.2, 0.25) is 17.7 Å². The predicted molar refractivity (Wildman–Crippen MR) is 99.9 cm³/mol. The van der Waals surface area contributed by atoms with Crippen molar-refractivity contribution in [1.29, 1.82) is 5.26 Å². The van der Waals surface area contributed by atoms with Crippen molar-refractivity contribution in [1.82, 2.24) is 10.2 Å². The van der Waals surface area contributed by atoms with Crippen LogP contribution in [0.2, 0.25) is 0 Å². The molecule has 0 bridgehead atoms. The minimum absolute atomic E-state index is 0.0698. The van der Waals surface area contributed by atoms with E-state index in [-0.39, 0.29) is 23.2 Å². The van der Waals surface area contributed by atoms with Gasteiger partial charge in [0, 0.05) is 23.5 Å². The van der Waals surface area contributed by atoms with Crippen molar-refractivity contribution in [2.24, 2.45) is 5.73 Å². The fraction of sp³-hybridized carbons (Fsp3) is 0.350. The molecule has 0 saturated carbocycles. The summed E-state index contributed by atoms with van der Waals surface area (Å²) >= 11 is 0. The summed E-state index contributed by atoms with van der Waals surface area (Å²) in [6.07, 6.45) is 2.64. The number of fused-ring (bicyclic) bond motifs is 4. The van der Waals surface area contributed by atoms with Crippen molar-refractivity contribution in [3.05, 3.63) is 52.5 Å². The normalized spacial score (nSPS) is 20.5. The number of likely N-dealkylation sites (N-methyl/N-ethyl adjacent to an activating group) is 1. The molecule has 138 valence electrons. The van der Waals surface area contributed by atoms with Crippen LogP contribution in [0.3, 0.4) is 0 Å². The number of carbonyl (C=O) groups is 1. The van der Waals surface area contributed by atoms with Crippen LogP contribution in [-0.2, 0) is 16.6 Å². The number of nitriles is 1. The zero-order chi connectivity index (χ0) is 19.2. The van der Waals surface area contributed by atoms with Gasteiger partial charge < -0.3 is 15.4 Å². The smallest absolute Gasteiger partial charge is 0.247 e. The number of rotatable bonds is 4. The summed E-state index contributed by atoms with van der Waals surface area (Å²) in [5, 5.41) is 17.2. The molecule has 7 heteroatoms. The molecule has 0 saturated heterocycles. The van der Waals surface area contributed by atoms with E-state index in [4.69, 9.17) is 10.5 Å². The summed E-state index contributed by atoms with van der Waals surface area (Å²) in [5.74, 6) is 0.0211. The number of unbranched alkanes of at least 4 members (excludes halogenated alkanes) is 1. The number of nitrogens with zero attached hydrogens (tertiary/aromatic N) is 3. The molecule has 7 nitrogen and oxygen atoms in total. The van der Waals surface area contributed by atoms with Crippen molar-refractivity contribution in [2.75, 3.05) is 11.4 Å². The molecule has 0 unspecified atom stereocenters. The number of nitrogens with one attached hydrogen (secondary N) is 1. The maximum absolute atomic E-state index is 13.8. The van der Waals surface area contributed by atoms with Crippen LogP contribution in [0.5, 0.6) is 5.88 Å². The Morgan fingerprint density at radius 2 is 2.15 bits per heavy atom. The second-order valence-electron chi connectivity index (χ2n) is 6.76. The number of aromatic amines is 1. The van der Waals surface area contributed by atoms with Gasteiger partial charge >= 0.3 is 0 Å². The molecule has 0 aliphatic carbocycles. The van der Waals surface area contributed by atoms with Crippen LogP contribution >= 0.6 is 0 Å². The van der Waals surface area contributed by atoms with Crippen molar-refractivity contribution >= 4 is 11.6 Å². The summed E-state index contributed by atoms with van der Waals surface area (Å²) < 4.78 is 5.64. The molecule has 2 aliphatic rings. The first-order valence-electron chi connectivity index (χ1n) is 9.18. The number of hydrogen-bond acceptors (Lipinski definition) is 5.